The van der Waals surface area contributed by atoms with Crippen LogP contribution in [0.3, 0.4) is 0 Å². The molecule has 0 amide bonds. The average Bonchev–Trinajstić information content (AvgIpc) is 2.84. The number of hydrogen-bond acceptors (Lipinski definition) is 4. The largest absolute Gasteiger partial charge is 0.489 e. The summed E-state index contributed by atoms with van der Waals surface area (Å²) < 4.78 is 24.3. The average molecular weight is 463 g/mol. The minimum Gasteiger partial charge on any atom is -0.489 e. The normalized spacial score (nSPS) is 15.5. The van der Waals surface area contributed by atoms with Gasteiger partial charge in [0.05, 0.1) is 23.9 Å². The first kappa shape index (κ1) is 22.5. The van der Waals surface area contributed by atoms with Crippen molar-refractivity contribution in [1.82, 2.24) is 10.6 Å². The van der Waals surface area contributed by atoms with Gasteiger partial charge in [-0.05, 0) is 60.1 Å². The molecule has 0 aliphatic carbocycles. The molecule has 1 heterocycles. The van der Waals surface area contributed by atoms with Crippen molar-refractivity contribution in [3.05, 3.63) is 107 Å². The van der Waals surface area contributed by atoms with E-state index in [-0.39, 0.29) is 12.4 Å². The van der Waals surface area contributed by atoms with Gasteiger partial charge in [-0.2, -0.15) is 0 Å². The van der Waals surface area contributed by atoms with Crippen molar-refractivity contribution >= 4 is 29.0 Å². The van der Waals surface area contributed by atoms with Gasteiger partial charge in [-0.15, -0.1) is 0 Å². The van der Waals surface area contributed by atoms with Crippen LogP contribution in [0.25, 0.3) is 5.70 Å². The minimum absolute atomic E-state index is 0.262. The maximum atomic E-state index is 13.1. The minimum atomic E-state index is -0.487. The third-order valence-electron chi connectivity index (χ3n) is 5.16. The topological polar surface area (TPSA) is 59.6 Å². The van der Waals surface area contributed by atoms with Crippen LogP contribution < -0.4 is 15.4 Å². The lowest BCUT2D eigenvalue weighted by atomic mass is 9.93. The molecule has 1 atom stereocenters. The van der Waals surface area contributed by atoms with E-state index < -0.39 is 12.0 Å². The molecular weight excluding hydrogens is 439 g/mol. The van der Waals surface area contributed by atoms with Crippen LogP contribution in [0, 0.1) is 5.82 Å². The van der Waals surface area contributed by atoms with Gasteiger partial charge in [0.15, 0.2) is 5.11 Å². The van der Waals surface area contributed by atoms with Gasteiger partial charge in [0.2, 0.25) is 0 Å². The summed E-state index contributed by atoms with van der Waals surface area (Å²) in [5.74, 6) is -0.0409. The summed E-state index contributed by atoms with van der Waals surface area (Å²) >= 11 is 5.43. The van der Waals surface area contributed by atoms with Crippen LogP contribution in [0.2, 0.25) is 0 Å². The number of halogens is 1. The summed E-state index contributed by atoms with van der Waals surface area (Å²) in [6, 6.07) is 22.7. The standard InChI is InChI=1S/C26H23FN2O3S/c1-2-31-25(30)22-23(18-6-4-3-5-7-18)28-26(33)29-24(22)19-10-14-21(15-11-19)32-16-17-8-12-20(27)13-9-17/h3-15,24H,2,16H2,1H3,(H2,28,29,33). The Hall–Kier alpha value is -3.71. The number of carbonyl (C=O) groups is 1. The Kier molecular flexibility index (Phi) is 7.00. The van der Waals surface area contributed by atoms with Gasteiger partial charge < -0.3 is 20.1 Å². The van der Waals surface area contributed by atoms with Gasteiger partial charge >= 0.3 is 5.97 Å². The fraction of sp³-hybridized carbons (Fsp3) is 0.154. The molecule has 0 saturated heterocycles. The Morgan fingerprint density at radius 3 is 2.36 bits per heavy atom. The molecule has 4 rings (SSSR count). The number of carbonyl (C=O) groups excluding carboxylic acids is 1. The molecule has 0 aromatic heterocycles. The third-order valence-corrected chi connectivity index (χ3v) is 5.38. The highest BCUT2D eigenvalue weighted by Gasteiger charge is 2.33. The van der Waals surface area contributed by atoms with Crippen molar-refractivity contribution in [3.8, 4) is 5.75 Å². The number of esters is 1. The highest BCUT2D eigenvalue weighted by Crippen LogP contribution is 2.32. The summed E-state index contributed by atoms with van der Waals surface area (Å²) in [5.41, 5.74) is 3.63. The van der Waals surface area contributed by atoms with E-state index in [9.17, 15) is 9.18 Å². The molecule has 0 bridgehead atoms. The van der Waals surface area contributed by atoms with Crippen LogP contribution in [0.5, 0.6) is 5.75 Å². The van der Waals surface area contributed by atoms with E-state index in [0.717, 1.165) is 16.7 Å². The van der Waals surface area contributed by atoms with Crippen LogP contribution in [-0.4, -0.2) is 17.7 Å². The molecule has 0 fully saturated rings. The fourth-order valence-electron chi connectivity index (χ4n) is 3.58. The van der Waals surface area contributed by atoms with E-state index in [1.54, 1.807) is 19.1 Å². The van der Waals surface area contributed by atoms with Crippen molar-refractivity contribution < 1.29 is 18.7 Å². The molecule has 33 heavy (non-hydrogen) atoms. The Morgan fingerprint density at radius 2 is 1.70 bits per heavy atom. The van der Waals surface area contributed by atoms with Crippen LogP contribution in [0.15, 0.2) is 84.4 Å². The molecular formula is C26H23FN2O3S. The maximum absolute atomic E-state index is 13.1. The molecule has 0 radical (unpaired) electrons. The first-order valence-electron chi connectivity index (χ1n) is 10.6. The van der Waals surface area contributed by atoms with Gasteiger partial charge in [0.25, 0.3) is 0 Å². The highest BCUT2D eigenvalue weighted by atomic mass is 32.1. The van der Waals surface area contributed by atoms with Crippen LogP contribution in [-0.2, 0) is 16.1 Å². The lowest BCUT2D eigenvalue weighted by molar-refractivity contribution is -0.138. The molecule has 5 nitrogen and oxygen atoms in total. The summed E-state index contributed by atoms with van der Waals surface area (Å²) in [5, 5.41) is 6.73. The van der Waals surface area contributed by atoms with Gasteiger partial charge in [-0.1, -0.05) is 54.6 Å². The van der Waals surface area contributed by atoms with Crippen LogP contribution in [0.4, 0.5) is 4.39 Å². The molecule has 0 spiro atoms. The number of ether oxygens (including phenoxy) is 2. The Balaban J connectivity index is 1.62. The summed E-state index contributed by atoms with van der Waals surface area (Å²) in [6.07, 6.45) is 0. The van der Waals surface area contributed by atoms with Gasteiger partial charge in [-0.3, -0.25) is 0 Å². The van der Waals surface area contributed by atoms with Crippen molar-refractivity contribution in [2.45, 2.75) is 19.6 Å². The second kappa shape index (κ2) is 10.3. The molecule has 3 aromatic carbocycles. The predicted molar refractivity (Wildman–Crippen MR) is 129 cm³/mol. The zero-order valence-corrected chi connectivity index (χ0v) is 18.8. The Bertz CT molecular complexity index is 1160. The van der Waals surface area contributed by atoms with Crippen molar-refractivity contribution in [3.63, 3.8) is 0 Å². The second-order valence-corrected chi connectivity index (χ2v) is 7.80. The number of nitrogens with one attached hydrogen (secondary N) is 2. The van der Waals surface area contributed by atoms with Crippen molar-refractivity contribution in [2.75, 3.05) is 6.61 Å². The van der Waals surface area contributed by atoms with Crippen LogP contribution >= 0.6 is 12.2 Å². The van der Waals surface area contributed by atoms with E-state index in [4.69, 9.17) is 21.7 Å². The Labute approximate surface area is 197 Å². The molecule has 0 saturated carbocycles. The van der Waals surface area contributed by atoms with E-state index in [1.165, 1.54) is 12.1 Å². The van der Waals surface area contributed by atoms with E-state index in [2.05, 4.69) is 10.6 Å². The summed E-state index contributed by atoms with van der Waals surface area (Å²) in [7, 11) is 0. The molecule has 7 heteroatoms. The quantitative estimate of drug-likeness (QED) is 0.385. The Morgan fingerprint density at radius 1 is 1.00 bits per heavy atom. The zero-order valence-electron chi connectivity index (χ0n) is 18.0. The summed E-state index contributed by atoms with van der Waals surface area (Å²) in [6.45, 7) is 2.36. The first-order valence-corrected chi connectivity index (χ1v) is 11.0. The van der Waals surface area contributed by atoms with E-state index in [1.807, 2.05) is 54.6 Å². The predicted octanol–water partition coefficient (Wildman–Crippen LogP) is 4.90. The van der Waals surface area contributed by atoms with Crippen molar-refractivity contribution in [1.29, 1.82) is 0 Å². The van der Waals surface area contributed by atoms with E-state index >= 15 is 0 Å². The fourth-order valence-corrected chi connectivity index (χ4v) is 3.80. The smallest absolute Gasteiger partial charge is 0.338 e. The lowest BCUT2D eigenvalue weighted by Gasteiger charge is -2.31. The van der Waals surface area contributed by atoms with Gasteiger partial charge in [-0.25, -0.2) is 9.18 Å². The molecule has 3 aromatic rings. The molecule has 1 unspecified atom stereocenters. The number of hydrogen-bond donors (Lipinski definition) is 2. The first-order chi connectivity index (χ1) is 16.0. The van der Waals surface area contributed by atoms with Crippen molar-refractivity contribution in [2.24, 2.45) is 0 Å². The third kappa shape index (κ3) is 5.38. The monoisotopic (exact) mass is 462 g/mol. The number of rotatable bonds is 7. The highest BCUT2D eigenvalue weighted by molar-refractivity contribution is 7.80. The molecule has 1 aliphatic rings. The molecule has 168 valence electrons. The van der Waals surface area contributed by atoms with E-state index in [0.29, 0.717) is 28.7 Å². The number of benzene rings is 3. The van der Waals surface area contributed by atoms with Gasteiger partial charge in [0, 0.05) is 0 Å². The maximum Gasteiger partial charge on any atom is 0.338 e. The number of thiocarbonyl (C=S) groups is 1. The molecule has 1 aliphatic heterocycles. The zero-order chi connectivity index (χ0) is 23.2. The lowest BCUT2D eigenvalue weighted by Crippen LogP contribution is -2.45. The van der Waals surface area contributed by atoms with Gasteiger partial charge in [0.1, 0.15) is 18.2 Å². The SMILES string of the molecule is CCOC(=O)C1=C(c2ccccc2)NC(=S)NC1c1ccc(OCc2ccc(F)cc2)cc1. The molecule has 2 N–H and O–H groups in total. The van der Waals surface area contributed by atoms with Crippen LogP contribution in [0.1, 0.15) is 29.7 Å². The summed E-state index contributed by atoms with van der Waals surface area (Å²) in [4.78, 5) is 13.0. The second-order valence-electron chi connectivity index (χ2n) is 7.39.